The second-order valence-corrected chi connectivity index (χ2v) is 6.67. The molecule has 1 heterocycles. The van der Waals surface area contributed by atoms with Crippen molar-refractivity contribution in [2.75, 3.05) is 13.1 Å². The number of amides is 2. The molecule has 0 aromatic rings. The third-order valence-electron chi connectivity index (χ3n) is 4.89. The minimum absolute atomic E-state index is 0.0174. The Bertz CT molecular complexity index is 412. The number of nitrogens with one attached hydrogen (secondary N) is 1. The standard InChI is InChI=1S/C16H25F3N2O2/c17-16(18,19)15(23)21-10-8-13(9-11-21)20-14(22)7-6-12-4-2-1-3-5-12/h12-13H,1-11H2,(H,20,22). The fourth-order valence-corrected chi connectivity index (χ4v) is 3.52. The summed E-state index contributed by atoms with van der Waals surface area (Å²) >= 11 is 0. The molecular formula is C16H25F3N2O2. The molecule has 0 atom stereocenters. The largest absolute Gasteiger partial charge is 0.471 e. The molecule has 2 aliphatic rings. The van der Waals surface area contributed by atoms with Gasteiger partial charge in [0.05, 0.1) is 0 Å². The number of piperidine rings is 1. The van der Waals surface area contributed by atoms with E-state index in [1.54, 1.807) is 0 Å². The van der Waals surface area contributed by atoms with E-state index < -0.39 is 12.1 Å². The highest BCUT2D eigenvalue weighted by Gasteiger charge is 2.43. The van der Waals surface area contributed by atoms with Crippen LogP contribution >= 0.6 is 0 Å². The maximum Gasteiger partial charge on any atom is 0.471 e. The Hall–Kier alpha value is -1.27. The van der Waals surface area contributed by atoms with Gasteiger partial charge >= 0.3 is 12.1 Å². The van der Waals surface area contributed by atoms with Gasteiger partial charge in [-0.2, -0.15) is 13.2 Å². The minimum Gasteiger partial charge on any atom is -0.353 e. The zero-order chi connectivity index (χ0) is 16.9. The summed E-state index contributed by atoms with van der Waals surface area (Å²) < 4.78 is 37.1. The van der Waals surface area contributed by atoms with Crippen molar-refractivity contribution in [3.8, 4) is 0 Å². The molecule has 0 spiro atoms. The topological polar surface area (TPSA) is 49.4 Å². The number of likely N-dealkylation sites (tertiary alicyclic amines) is 1. The molecule has 23 heavy (non-hydrogen) atoms. The van der Waals surface area contributed by atoms with Gasteiger partial charge in [-0.25, -0.2) is 0 Å². The number of rotatable bonds is 4. The van der Waals surface area contributed by atoms with Crippen molar-refractivity contribution in [2.45, 2.75) is 70.0 Å². The number of carbonyl (C=O) groups excluding carboxylic acids is 2. The molecular weight excluding hydrogens is 309 g/mol. The van der Waals surface area contributed by atoms with E-state index in [1.165, 1.54) is 32.1 Å². The van der Waals surface area contributed by atoms with Crippen LogP contribution in [0.2, 0.25) is 0 Å². The van der Waals surface area contributed by atoms with Gasteiger partial charge in [0.2, 0.25) is 5.91 Å². The molecule has 2 fully saturated rings. The number of hydrogen-bond acceptors (Lipinski definition) is 2. The first-order valence-electron chi connectivity index (χ1n) is 8.51. The van der Waals surface area contributed by atoms with E-state index in [0.29, 0.717) is 25.2 Å². The highest BCUT2D eigenvalue weighted by molar-refractivity contribution is 5.82. The van der Waals surface area contributed by atoms with E-state index in [1.807, 2.05) is 0 Å². The Labute approximate surface area is 134 Å². The van der Waals surface area contributed by atoms with Gasteiger partial charge in [-0.3, -0.25) is 9.59 Å². The lowest BCUT2D eigenvalue weighted by Crippen LogP contribution is -2.50. The van der Waals surface area contributed by atoms with Gasteiger partial charge in [-0.1, -0.05) is 32.1 Å². The third-order valence-corrected chi connectivity index (χ3v) is 4.89. The molecule has 1 aliphatic heterocycles. The Morgan fingerprint density at radius 3 is 2.17 bits per heavy atom. The van der Waals surface area contributed by atoms with Crippen LogP contribution in [0.5, 0.6) is 0 Å². The molecule has 1 saturated heterocycles. The summed E-state index contributed by atoms with van der Waals surface area (Å²) in [4.78, 5) is 23.9. The zero-order valence-corrected chi connectivity index (χ0v) is 13.3. The van der Waals surface area contributed by atoms with Crippen LogP contribution in [0.1, 0.15) is 57.8 Å². The number of alkyl halides is 3. The van der Waals surface area contributed by atoms with Crippen molar-refractivity contribution in [3.05, 3.63) is 0 Å². The van der Waals surface area contributed by atoms with Crippen molar-refractivity contribution in [1.29, 1.82) is 0 Å². The van der Waals surface area contributed by atoms with Crippen molar-refractivity contribution >= 4 is 11.8 Å². The van der Waals surface area contributed by atoms with Gasteiger partial charge in [-0.05, 0) is 25.2 Å². The van der Waals surface area contributed by atoms with Crippen LogP contribution in [0, 0.1) is 5.92 Å². The summed E-state index contributed by atoms with van der Waals surface area (Å²) in [6.45, 7) is 0.0951. The monoisotopic (exact) mass is 334 g/mol. The summed E-state index contributed by atoms with van der Waals surface area (Å²) in [5.74, 6) is -1.16. The first kappa shape index (κ1) is 18.1. The molecule has 0 bridgehead atoms. The normalized spacial score (nSPS) is 21.3. The summed E-state index contributed by atoms with van der Waals surface area (Å²) in [6.07, 6.45) is 3.54. The second kappa shape index (κ2) is 8.02. The van der Waals surface area contributed by atoms with E-state index in [9.17, 15) is 22.8 Å². The molecule has 0 aromatic carbocycles. The molecule has 2 amide bonds. The van der Waals surface area contributed by atoms with Crippen molar-refractivity contribution in [1.82, 2.24) is 10.2 Å². The highest BCUT2D eigenvalue weighted by atomic mass is 19.4. The lowest BCUT2D eigenvalue weighted by atomic mass is 9.86. The van der Waals surface area contributed by atoms with Crippen LogP contribution in [0.25, 0.3) is 0 Å². The van der Waals surface area contributed by atoms with Crippen LogP contribution < -0.4 is 5.32 Å². The average Bonchev–Trinajstić information content (AvgIpc) is 2.53. The summed E-state index contributed by atoms with van der Waals surface area (Å²) in [5, 5.41) is 2.90. The average molecular weight is 334 g/mol. The quantitative estimate of drug-likeness (QED) is 0.859. The van der Waals surface area contributed by atoms with Gasteiger partial charge in [0, 0.05) is 25.6 Å². The fourth-order valence-electron chi connectivity index (χ4n) is 3.52. The van der Waals surface area contributed by atoms with E-state index in [4.69, 9.17) is 0 Å². The second-order valence-electron chi connectivity index (χ2n) is 6.67. The molecule has 0 radical (unpaired) electrons. The van der Waals surface area contributed by atoms with E-state index in [2.05, 4.69) is 5.32 Å². The van der Waals surface area contributed by atoms with Gasteiger partial charge in [0.25, 0.3) is 0 Å². The van der Waals surface area contributed by atoms with Crippen LogP contribution in [0.3, 0.4) is 0 Å². The molecule has 4 nitrogen and oxygen atoms in total. The molecule has 1 aliphatic carbocycles. The molecule has 7 heteroatoms. The summed E-state index contributed by atoms with van der Waals surface area (Å²) in [6, 6.07) is -0.119. The minimum atomic E-state index is -4.81. The number of carbonyl (C=O) groups is 2. The molecule has 1 saturated carbocycles. The fraction of sp³-hybridized carbons (Fsp3) is 0.875. The van der Waals surface area contributed by atoms with Gasteiger partial charge in [0.15, 0.2) is 0 Å². The van der Waals surface area contributed by atoms with Crippen LogP contribution in [0.15, 0.2) is 0 Å². The first-order valence-corrected chi connectivity index (χ1v) is 8.51. The Morgan fingerprint density at radius 1 is 1.00 bits per heavy atom. The van der Waals surface area contributed by atoms with Gasteiger partial charge in [0.1, 0.15) is 0 Å². The van der Waals surface area contributed by atoms with Crippen molar-refractivity contribution < 1.29 is 22.8 Å². The molecule has 0 aromatic heterocycles. The predicted molar refractivity (Wildman–Crippen MR) is 79.6 cm³/mol. The Kier molecular flexibility index (Phi) is 6.30. The summed E-state index contributed by atoms with van der Waals surface area (Å²) in [7, 11) is 0. The lowest BCUT2D eigenvalue weighted by Gasteiger charge is -2.32. The van der Waals surface area contributed by atoms with Crippen LogP contribution in [0.4, 0.5) is 13.2 Å². The van der Waals surface area contributed by atoms with E-state index in [0.717, 1.165) is 11.3 Å². The lowest BCUT2D eigenvalue weighted by molar-refractivity contribution is -0.186. The van der Waals surface area contributed by atoms with Crippen LogP contribution in [-0.2, 0) is 9.59 Å². The smallest absolute Gasteiger partial charge is 0.353 e. The Morgan fingerprint density at radius 2 is 1.61 bits per heavy atom. The van der Waals surface area contributed by atoms with E-state index in [-0.39, 0.29) is 25.0 Å². The maximum absolute atomic E-state index is 12.4. The first-order chi connectivity index (χ1) is 10.9. The Balaban J connectivity index is 1.65. The van der Waals surface area contributed by atoms with Crippen molar-refractivity contribution in [2.24, 2.45) is 5.92 Å². The maximum atomic E-state index is 12.4. The number of hydrogen-bond donors (Lipinski definition) is 1. The molecule has 1 N–H and O–H groups in total. The third kappa shape index (κ3) is 5.70. The van der Waals surface area contributed by atoms with Crippen molar-refractivity contribution in [3.63, 3.8) is 0 Å². The van der Waals surface area contributed by atoms with Gasteiger partial charge in [-0.15, -0.1) is 0 Å². The molecule has 0 unspecified atom stereocenters. The highest BCUT2D eigenvalue weighted by Crippen LogP contribution is 2.27. The predicted octanol–water partition coefficient (Wildman–Crippen LogP) is 3.02. The molecule has 2 rings (SSSR count). The molecule has 132 valence electrons. The zero-order valence-electron chi connectivity index (χ0n) is 13.3. The van der Waals surface area contributed by atoms with Crippen LogP contribution in [-0.4, -0.2) is 42.0 Å². The number of nitrogens with zero attached hydrogens (tertiary/aromatic N) is 1. The van der Waals surface area contributed by atoms with E-state index >= 15 is 0 Å². The SMILES string of the molecule is O=C(CCC1CCCCC1)NC1CCN(C(=O)C(F)(F)F)CC1. The number of halogens is 3. The van der Waals surface area contributed by atoms with Gasteiger partial charge < -0.3 is 10.2 Å². The summed E-state index contributed by atoms with van der Waals surface area (Å²) in [5.41, 5.74) is 0.